The number of nitrogens with zero attached hydrogens (tertiary/aromatic N) is 4. The predicted octanol–water partition coefficient (Wildman–Crippen LogP) is 2.63. The minimum atomic E-state index is -1.24. The molecule has 4 heterocycles. The van der Waals surface area contributed by atoms with E-state index in [-0.39, 0.29) is 0 Å². The van der Waals surface area contributed by atoms with Gasteiger partial charge in [-0.15, -0.1) is 11.3 Å². The second kappa shape index (κ2) is 6.10. The highest BCUT2D eigenvalue weighted by atomic mass is 32.2. The highest BCUT2D eigenvalue weighted by molar-refractivity contribution is 7.90. The summed E-state index contributed by atoms with van der Waals surface area (Å²) < 4.78 is 12.6. The van der Waals surface area contributed by atoms with E-state index in [0.717, 1.165) is 41.2 Å². The number of imidazole rings is 1. The van der Waals surface area contributed by atoms with E-state index in [9.17, 15) is 4.55 Å². The molecule has 1 saturated heterocycles. The standard InChI is InChI=1S/C15H17N5OS2/c1-10-13(16-9-17-14(10)20-4-2-3-5-20)8-23(21)15-18-11-6-22-7-12(11)19-15/h6-7,9H,2-5,8H2,1H3,(H,18,19). The summed E-state index contributed by atoms with van der Waals surface area (Å²) in [4.78, 5) is 18.6. The molecule has 1 unspecified atom stereocenters. The number of aromatic amines is 1. The van der Waals surface area contributed by atoms with Gasteiger partial charge in [0, 0.05) is 40.6 Å². The number of nitrogens with one attached hydrogen (secondary N) is 1. The summed E-state index contributed by atoms with van der Waals surface area (Å²) in [6.45, 7) is 4.09. The first-order valence-electron chi connectivity index (χ1n) is 7.58. The fraction of sp³-hybridized carbons (Fsp3) is 0.400. The number of rotatable bonds is 4. The van der Waals surface area contributed by atoms with Gasteiger partial charge < -0.3 is 9.45 Å². The monoisotopic (exact) mass is 347 g/mol. The van der Waals surface area contributed by atoms with E-state index >= 15 is 0 Å². The molecule has 0 aliphatic carbocycles. The van der Waals surface area contributed by atoms with E-state index in [1.54, 1.807) is 17.7 Å². The van der Waals surface area contributed by atoms with Crippen LogP contribution in [0.4, 0.5) is 5.82 Å². The van der Waals surface area contributed by atoms with Gasteiger partial charge in [-0.25, -0.2) is 9.97 Å². The van der Waals surface area contributed by atoms with Gasteiger partial charge in [0.1, 0.15) is 17.7 Å². The van der Waals surface area contributed by atoms with Crippen LogP contribution in [0.2, 0.25) is 0 Å². The molecule has 0 bridgehead atoms. The molecular formula is C15H17N5OS2. The first-order chi connectivity index (χ1) is 11.2. The van der Waals surface area contributed by atoms with E-state index in [1.165, 1.54) is 12.8 Å². The van der Waals surface area contributed by atoms with Crippen molar-refractivity contribution in [3.05, 3.63) is 28.3 Å². The van der Waals surface area contributed by atoms with Crippen molar-refractivity contribution >= 4 is 39.4 Å². The topological polar surface area (TPSA) is 80.8 Å². The van der Waals surface area contributed by atoms with Gasteiger partial charge in [0.05, 0.1) is 11.2 Å². The maximum absolute atomic E-state index is 12.6. The number of fused-ring (bicyclic) bond motifs is 1. The zero-order valence-corrected chi connectivity index (χ0v) is 14.4. The molecule has 8 heteroatoms. The Bertz CT molecular complexity index is 796. The Hall–Kier alpha value is -1.64. The maximum atomic E-state index is 12.6. The summed E-state index contributed by atoms with van der Waals surface area (Å²) in [6, 6.07) is 0. The minimum absolute atomic E-state index is 0.356. The van der Waals surface area contributed by atoms with Gasteiger partial charge >= 0.3 is 5.16 Å². The van der Waals surface area contributed by atoms with Crippen molar-refractivity contribution in [2.75, 3.05) is 18.0 Å². The highest BCUT2D eigenvalue weighted by Gasteiger charge is 2.23. The van der Waals surface area contributed by atoms with Crippen molar-refractivity contribution in [2.24, 2.45) is 0 Å². The average Bonchev–Trinajstić information content (AvgIpc) is 3.25. The van der Waals surface area contributed by atoms with Crippen LogP contribution in [0, 0.1) is 6.92 Å². The largest absolute Gasteiger partial charge is 0.609 e. The summed E-state index contributed by atoms with van der Waals surface area (Å²) in [6.07, 6.45) is 3.98. The third-order valence-electron chi connectivity index (χ3n) is 4.16. The summed E-state index contributed by atoms with van der Waals surface area (Å²) >= 11 is 0.347. The SMILES string of the molecule is Cc1c(C[S+]([O-])c2nc3cscc3[nH]2)ncnc1N1CCCC1. The molecule has 23 heavy (non-hydrogen) atoms. The third kappa shape index (κ3) is 2.82. The zero-order valence-electron chi connectivity index (χ0n) is 12.8. The molecule has 0 amide bonds. The third-order valence-corrected chi connectivity index (χ3v) is 6.05. The number of anilines is 1. The van der Waals surface area contributed by atoms with Gasteiger partial charge in [0.15, 0.2) is 5.75 Å². The Morgan fingerprint density at radius 3 is 2.91 bits per heavy atom. The van der Waals surface area contributed by atoms with Crippen molar-refractivity contribution in [3.63, 3.8) is 0 Å². The van der Waals surface area contributed by atoms with Crippen LogP contribution in [-0.2, 0) is 16.9 Å². The van der Waals surface area contributed by atoms with Gasteiger partial charge in [-0.1, -0.05) is 0 Å². The molecule has 1 N–H and O–H groups in total. The van der Waals surface area contributed by atoms with Crippen molar-refractivity contribution < 1.29 is 4.55 Å². The predicted molar refractivity (Wildman–Crippen MR) is 92.3 cm³/mol. The molecular weight excluding hydrogens is 330 g/mol. The van der Waals surface area contributed by atoms with Crippen LogP contribution < -0.4 is 4.90 Å². The second-order valence-electron chi connectivity index (χ2n) is 5.67. The molecule has 3 aromatic rings. The normalized spacial score (nSPS) is 16.3. The summed E-state index contributed by atoms with van der Waals surface area (Å²) in [5.41, 5.74) is 3.67. The number of hydrogen-bond acceptors (Lipinski definition) is 6. The number of hydrogen-bond donors (Lipinski definition) is 1. The van der Waals surface area contributed by atoms with Crippen LogP contribution >= 0.6 is 11.3 Å². The van der Waals surface area contributed by atoms with Crippen molar-refractivity contribution in [3.8, 4) is 0 Å². The lowest BCUT2D eigenvalue weighted by Gasteiger charge is -2.19. The Kier molecular flexibility index (Phi) is 3.96. The minimum Gasteiger partial charge on any atom is -0.609 e. The first-order valence-corrected chi connectivity index (χ1v) is 9.84. The lowest BCUT2D eigenvalue weighted by Crippen LogP contribution is -2.21. The summed E-state index contributed by atoms with van der Waals surface area (Å²) in [5.74, 6) is 1.33. The van der Waals surface area contributed by atoms with Gasteiger partial charge in [-0.2, -0.15) is 4.98 Å². The van der Waals surface area contributed by atoms with Crippen molar-refractivity contribution in [1.29, 1.82) is 0 Å². The Balaban J connectivity index is 1.58. The van der Waals surface area contributed by atoms with Crippen LogP contribution in [0.5, 0.6) is 0 Å². The molecule has 1 atom stereocenters. The summed E-state index contributed by atoms with van der Waals surface area (Å²) in [5, 5.41) is 4.45. The van der Waals surface area contributed by atoms with E-state index in [2.05, 4.69) is 24.8 Å². The smallest absolute Gasteiger partial charge is 0.322 e. The Labute approximate surface area is 141 Å². The van der Waals surface area contributed by atoms with Crippen LogP contribution in [0.1, 0.15) is 24.1 Å². The van der Waals surface area contributed by atoms with Crippen molar-refractivity contribution in [2.45, 2.75) is 30.7 Å². The first kappa shape index (κ1) is 14.9. The molecule has 1 aliphatic heterocycles. The number of H-pyrrole nitrogens is 1. The van der Waals surface area contributed by atoms with E-state index in [1.807, 2.05) is 17.7 Å². The number of aromatic nitrogens is 4. The molecule has 6 nitrogen and oxygen atoms in total. The van der Waals surface area contributed by atoms with Crippen LogP contribution in [0.25, 0.3) is 11.0 Å². The molecule has 1 fully saturated rings. The summed E-state index contributed by atoms with van der Waals surface area (Å²) in [7, 11) is 0. The fourth-order valence-corrected chi connectivity index (χ4v) is 4.69. The Morgan fingerprint density at radius 1 is 1.30 bits per heavy atom. The van der Waals surface area contributed by atoms with Crippen molar-refractivity contribution in [1.82, 2.24) is 19.9 Å². The maximum Gasteiger partial charge on any atom is 0.322 e. The van der Waals surface area contributed by atoms with Crippen LogP contribution in [0.15, 0.2) is 22.2 Å². The van der Waals surface area contributed by atoms with E-state index in [0.29, 0.717) is 10.9 Å². The van der Waals surface area contributed by atoms with Crippen LogP contribution in [0.3, 0.4) is 0 Å². The molecule has 0 aromatic carbocycles. The van der Waals surface area contributed by atoms with Gasteiger partial charge in [0.2, 0.25) is 0 Å². The zero-order chi connectivity index (χ0) is 15.8. The average molecular weight is 347 g/mol. The molecule has 120 valence electrons. The van der Waals surface area contributed by atoms with Gasteiger partial charge in [-0.05, 0) is 19.8 Å². The van der Waals surface area contributed by atoms with Crippen LogP contribution in [-0.4, -0.2) is 37.6 Å². The van der Waals surface area contributed by atoms with E-state index < -0.39 is 11.2 Å². The fourth-order valence-electron chi connectivity index (χ4n) is 2.89. The quantitative estimate of drug-likeness (QED) is 0.734. The molecule has 0 saturated carbocycles. The lowest BCUT2D eigenvalue weighted by molar-refractivity contribution is 0.586. The van der Waals surface area contributed by atoms with Gasteiger partial charge in [0.25, 0.3) is 0 Å². The highest BCUT2D eigenvalue weighted by Crippen LogP contribution is 2.26. The lowest BCUT2D eigenvalue weighted by atomic mass is 10.2. The molecule has 0 radical (unpaired) electrons. The van der Waals surface area contributed by atoms with Gasteiger partial charge in [-0.3, -0.25) is 4.98 Å². The molecule has 1 aliphatic rings. The molecule has 3 aromatic heterocycles. The Morgan fingerprint density at radius 2 is 2.13 bits per heavy atom. The van der Waals surface area contributed by atoms with E-state index in [4.69, 9.17) is 0 Å². The number of thiophene rings is 1. The molecule has 0 spiro atoms. The molecule has 4 rings (SSSR count). The second-order valence-corrected chi connectivity index (χ2v) is 7.78.